The van der Waals surface area contributed by atoms with Crippen molar-refractivity contribution in [2.24, 2.45) is 0 Å². The van der Waals surface area contributed by atoms with Gasteiger partial charge in [0.25, 0.3) is 5.56 Å². The van der Waals surface area contributed by atoms with Crippen molar-refractivity contribution >= 4 is 49.9 Å². The molecule has 0 amide bonds. The summed E-state index contributed by atoms with van der Waals surface area (Å²) in [5, 5.41) is 10.4. The van der Waals surface area contributed by atoms with Crippen molar-refractivity contribution in [2.75, 3.05) is 24.4 Å². The minimum absolute atomic E-state index is 0.0134. The first kappa shape index (κ1) is 31.5. The summed E-state index contributed by atoms with van der Waals surface area (Å²) >= 11 is 0. The Morgan fingerprint density at radius 3 is 2.51 bits per heavy atom. The number of ether oxygens (including phenoxy) is 3. The van der Waals surface area contributed by atoms with Gasteiger partial charge in [0.15, 0.2) is 59.8 Å². The van der Waals surface area contributed by atoms with Crippen LogP contribution in [0.25, 0.3) is 22.3 Å². The molecule has 21 nitrogen and oxygen atoms in total. The highest BCUT2D eigenvalue weighted by atomic mass is 31.2. The van der Waals surface area contributed by atoms with Crippen molar-refractivity contribution in [2.45, 2.75) is 49.4 Å². The van der Waals surface area contributed by atoms with Crippen molar-refractivity contribution in [3.05, 3.63) is 29.3 Å². The van der Waals surface area contributed by atoms with Crippen molar-refractivity contribution in [1.29, 1.82) is 0 Å². The molecule has 2 saturated heterocycles. The van der Waals surface area contributed by atoms with Crippen LogP contribution < -0.4 is 17.0 Å². The Hall–Kier alpha value is -3.50. The number of phosphoric ester groups is 1. The maximum absolute atomic E-state index is 15.5. The number of rotatable bonds is 10. The summed E-state index contributed by atoms with van der Waals surface area (Å²) in [5.74, 6) is -0.331. The fourth-order valence-corrected chi connectivity index (χ4v) is 6.05. The van der Waals surface area contributed by atoms with E-state index in [1.807, 2.05) is 0 Å². The molecule has 4 aromatic rings. The van der Waals surface area contributed by atoms with Gasteiger partial charge in [0.2, 0.25) is 14.0 Å². The zero-order valence-corrected chi connectivity index (χ0v) is 24.3. The van der Waals surface area contributed by atoms with Crippen molar-refractivity contribution in [3.8, 4) is 0 Å². The minimum atomic E-state index is -5.28. The molecule has 45 heavy (non-hydrogen) atoms. The zero-order chi connectivity index (χ0) is 32.2. The number of hydrogen-bond acceptors (Lipinski definition) is 16. The van der Waals surface area contributed by atoms with Gasteiger partial charge in [0, 0.05) is 0 Å². The molecule has 4 aromatic heterocycles. The van der Waals surface area contributed by atoms with E-state index in [0.29, 0.717) is 0 Å². The molecule has 0 bridgehead atoms. The van der Waals surface area contributed by atoms with E-state index >= 15 is 8.78 Å². The zero-order valence-electron chi connectivity index (χ0n) is 22.4. The average molecular weight is 680 g/mol. The molecule has 244 valence electrons. The third-order valence-corrected chi connectivity index (χ3v) is 8.24. The van der Waals surface area contributed by atoms with Crippen LogP contribution in [0.3, 0.4) is 0 Å². The van der Waals surface area contributed by atoms with E-state index in [1.165, 1.54) is 0 Å². The second-order valence-electron chi connectivity index (χ2n) is 9.74. The van der Waals surface area contributed by atoms with Crippen molar-refractivity contribution in [3.63, 3.8) is 0 Å². The number of halogens is 2. The molecule has 0 aliphatic carbocycles. The van der Waals surface area contributed by atoms with Crippen LogP contribution in [0.15, 0.2) is 23.8 Å². The second kappa shape index (κ2) is 12.0. The van der Waals surface area contributed by atoms with Crippen LogP contribution in [-0.4, -0.2) is 104 Å². The van der Waals surface area contributed by atoms with Crippen LogP contribution in [0.1, 0.15) is 12.5 Å². The lowest BCUT2D eigenvalue weighted by Gasteiger charge is -2.24. The Morgan fingerprint density at radius 1 is 1.07 bits per heavy atom. The fourth-order valence-electron chi connectivity index (χ4n) is 4.82. The lowest BCUT2D eigenvalue weighted by molar-refractivity contribution is -0.156. The molecule has 2 aliphatic heterocycles. The van der Waals surface area contributed by atoms with Crippen molar-refractivity contribution < 1.29 is 56.1 Å². The maximum Gasteiger partial charge on any atom is 0.472 e. The molecular formula is C20H24F2N10O11P2. The molecule has 2 unspecified atom stereocenters. The monoisotopic (exact) mass is 680 g/mol. The van der Waals surface area contributed by atoms with Gasteiger partial charge in [-0.25, -0.2) is 33.3 Å². The predicted molar refractivity (Wildman–Crippen MR) is 144 cm³/mol. The lowest BCUT2D eigenvalue weighted by Crippen LogP contribution is -2.33. The van der Waals surface area contributed by atoms with Crippen LogP contribution in [-0.2, 0) is 32.4 Å². The van der Waals surface area contributed by atoms with E-state index < -0.39 is 83.8 Å². The molecule has 10 atom stereocenters. The third-order valence-electron chi connectivity index (χ3n) is 6.84. The van der Waals surface area contributed by atoms with Gasteiger partial charge in [0.1, 0.15) is 30.4 Å². The highest BCUT2D eigenvalue weighted by Crippen LogP contribution is 2.51. The highest BCUT2D eigenvalue weighted by Gasteiger charge is 2.52. The van der Waals surface area contributed by atoms with Crippen molar-refractivity contribution in [1.82, 2.24) is 39.0 Å². The van der Waals surface area contributed by atoms with E-state index in [9.17, 15) is 23.9 Å². The molecule has 0 radical (unpaired) electrons. The number of aliphatic hydroxyl groups is 1. The number of phosphoric acid groups is 1. The largest absolute Gasteiger partial charge is 0.472 e. The van der Waals surface area contributed by atoms with E-state index in [4.69, 9.17) is 39.6 Å². The molecule has 6 rings (SSSR count). The standard InChI is InChI=1S/C20H24F2N10O11P2/c21-7-11(33)6(41-17(7)31-3-27-9-13(23)25-2-26-14(9)31)1-40-45(37,38)43-12-8(22)19(39-5-44(35)36)42-18(12)32-4-28-10-15(32)29-20(24)30-16(10)34/h2-4,6-8,11-12,17-19,33,44H,1,5H2,(H,35,36)(H,37,38)(H2,23,25,26)(H3,24,29,30,34)/t6-,7+,8-,11+,12+,17-,18-,19+/m1/s1. The Kier molecular flexibility index (Phi) is 8.41. The summed E-state index contributed by atoms with van der Waals surface area (Å²) < 4.78 is 83.0. The number of hydrogen-bond donors (Lipinski definition) is 6. The third kappa shape index (κ3) is 5.94. The Balaban J connectivity index is 1.20. The van der Waals surface area contributed by atoms with Gasteiger partial charge in [-0.3, -0.25) is 32.5 Å². The summed E-state index contributed by atoms with van der Waals surface area (Å²) in [5.41, 5.74) is 10.3. The average Bonchev–Trinajstić information content (AvgIpc) is 3.73. The number of fused-ring (bicyclic) bond motifs is 2. The van der Waals surface area contributed by atoms with Crippen LogP contribution in [0.4, 0.5) is 20.5 Å². The molecule has 8 N–H and O–H groups in total. The Bertz CT molecular complexity index is 1860. The van der Waals surface area contributed by atoms with Gasteiger partial charge in [-0.15, -0.1) is 0 Å². The highest BCUT2D eigenvalue weighted by molar-refractivity contribution is 7.47. The topological polar surface area (TPSA) is 300 Å². The molecule has 2 aliphatic rings. The van der Waals surface area contributed by atoms with Crippen LogP contribution in [0.5, 0.6) is 0 Å². The van der Waals surface area contributed by atoms with Crippen LogP contribution >= 0.6 is 15.9 Å². The Morgan fingerprint density at radius 2 is 1.78 bits per heavy atom. The quantitative estimate of drug-likeness (QED) is 0.108. The SMILES string of the molecule is Nc1nc2c(ncn2[C@@H]2O[C@H](OC[PH](=O)O)[C@H](F)[C@@H]2OP(=O)(O)OC[C@H]2O[C@@H](n3cnc4c(N)ncnc43)[C@@H](F)[C@H]2O)c(=O)[nH]1. The maximum atomic E-state index is 15.5. The van der Waals surface area contributed by atoms with E-state index in [2.05, 4.69) is 29.9 Å². The van der Waals surface area contributed by atoms with Gasteiger partial charge >= 0.3 is 7.82 Å². The first-order valence-electron chi connectivity index (χ1n) is 12.8. The van der Waals surface area contributed by atoms with Gasteiger partial charge in [-0.05, 0) is 0 Å². The number of aromatic amines is 1. The van der Waals surface area contributed by atoms with Crippen LogP contribution in [0.2, 0.25) is 0 Å². The van der Waals surface area contributed by atoms with Gasteiger partial charge in [0.05, 0.1) is 19.3 Å². The minimum Gasteiger partial charge on any atom is -0.387 e. The smallest absolute Gasteiger partial charge is 0.387 e. The van der Waals surface area contributed by atoms with E-state index in [0.717, 1.165) is 28.1 Å². The van der Waals surface area contributed by atoms with E-state index in [-0.39, 0.29) is 34.1 Å². The summed E-state index contributed by atoms with van der Waals surface area (Å²) in [7, 11) is -8.53. The predicted octanol–water partition coefficient (Wildman–Crippen LogP) is -1.14. The summed E-state index contributed by atoms with van der Waals surface area (Å²) in [6, 6.07) is 0. The number of nitrogens with two attached hydrogens (primary N) is 2. The van der Waals surface area contributed by atoms with E-state index in [1.54, 1.807) is 0 Å². The number of H-pyrrole nitrogens is 1. The fraction of sp³-hybridized carbons (Fsp3) is 0.500. The van der Waals surface area contributed by atoms with Gasteiger partial charge in [-0.1, -0.05) is 0 Å². The first-order valence-corrected chi connectivity index (χ1v) is 15.8. The molecular weight excluding hydrogens is 656 g/mol. The number of imidazole rings is 2. The number of nitrogen functional groups attached to an aromatic ring is 2. The molecule has 0 aromatic carbocycles. The lowest BCUT2D eigenvalue weighted by atomic mass is 10.1. The number of alkyl halides is 2. The molecule has 0 saturated carbocycles. The summed E-state index contributed by atoms with van der Waals surface area (Å²) in [4.78, 5) is 53.6. The summed E-state index contributed by atoms with van der Waals surface area (Å²) in [6.07, 6.45) is -12.6. The van der Waals surface area contributed by atoms with Gasteiger partial charge < -0.3 is 40.6 Å². The number of nitrogens with zero attached hydrogens (tertiary/aromatic N) is 7. The number of aliphatic hydroxyl groups excluding tert-OH is 1. The first-order chi connectivity index (χ1) is 21.3. The normalized spacial score (nSPS) is 30.7. The Labute approximate surface area is 248 Å². The molecule has 0 spiro atoms. The molecule has 2 fully saturated rings. The molecule has 25 heteroatoms. The second-order valence-corrected chi connectivity index (χ2v) is 12.2. The molecule has 6 heterocycles. The number of anilines is 2. The van der Waals surface area contributed by atoms with Gasteiger partial charge in [-0.2, -0.15) is 4.98 Å². The number of aromatic nitrogens is 8. The van der Waals surface area contributed by atoms with Crippen LogP contribution in [0, 0.1) is 0 Å². The summed E-state index contributed by atoms with van der Waals surface area (Å²) in [6.45, 7) is -0.918. The number of nitrogens with one attached hydrogen (secondary N) is 1.